The molecule has 0 saturated heterocycles. The fourth-order valence-corrected chi connectivity index (χ4v) is 7.37. The van der Waals surface area contributed by atoms with E-state index in [1.54, 1.807) is 0 Å². The predicted octanol–water partition coefficient (Wildman–Crippen LogP) is 15.6. The number of aliphatic hydroxyl groups excluding tert-OH is 1. The number of allylic oxidation sites excluding steroid dienone is 2. The number of carbonyl (C=O) groups excluding carboxylic acids is 1. The van der Waals surface area contributed by atoms with Crippen LogP contribution in [-0.4, -0.2) is 20.9 Å². The molecule has 0 atom stereocenters. The molecule has 0 bridgehead atoms. The van der Waals surface area contributed by atoms with Crippen molar-refractivity contribution in [2.45, 2.75) is 120 Å². The first kappa shape index (κ1) is 48.1. The van der Waals surface area contributed by atoms with Crippen molar-refractivity contribution in [3.63, 3.8) is 0 Å². The number of hydrogen-bond donors (Lipinski definition) is 1. The molecule has 0 aliphatic carbocycles. The zero-order valence-electron chi connectivity index (χ0n) is 39.5. The van der Waals surface area contributed by atoms with E-state index in [0.29, 0.717) is 0 Å². The first-order chi connectivity index (χ1) is 28.3. The maximum atomic E-state index is 11.5. The van der Waals surface area contributed by atoms with E-state index < -0.39 is 5.41 Å². The average molecular weight is 1000 g/mol. The van der Waals surface area contributed by atoms with Gasteiger partial charge in [-0.15, -0.1) is 64.5 Å². The fourth-order valence-electron chi connectivity index (χ4n) is 7.37. The van der Waals surface area contributed by atoms with Gasteiger partial charge in [0.2, 0.25) is 0 Å². The minimum Gasteiger partial charge on any atom is -0.512 e. The summed E-state index contributed by atoms with van der Waals surface area (Å²) in [5.41, 5.74) is 6.66. The van der Waals surface area contributed by atoms with E-state index >= 15 is 0 Å². The molecule has 1 radical (unpaired) electrons. The standard InChI is InChI=1S/C27H20N.C19H24N.C11H20O2.Ir/c1-27(2,3)16-11-12-22-23(15-16)20-10-6-9-19-17-7-4-5-8-18(17)21-13-14-28-26(22)25(21)24(19)20;1-18(2,3)15-9-7-8-14(12-15)17-13-16(10-11-20-17)19(4,5)6;1-10(2,3)8(12)7-9(13)11(4,5)6;/h4-11,13-15H,1-3H3;7,9-13H,1-6H3;7,12H,1-6H3;/q2*-1;;/b;;8-7-;. The Labute approximate surface area is 384 Å². The number of carbonyl (C=O) groups is 1. The van der Waals surface area contributed by atoms with Crippen molar-refractivity contribution < 1.29 is 30.0 Å². The van der Waals surface area contributed by atoms with E-state index in [1.165, 1.54) is 65.9 Å². The number of benzene rings is 6. The van der Waals surface area contributed by atoms with Gasteiger partial charge in [0.05, 0.1) is 0 Å². The molecule has 8 aromatic rings. The van der Waals surface area contributed by atoms with Crippen molar-refractivity contribution in [3.05, 3.63) is 144 Å². The van der Waals surface area contributed by atoms with Crippen molar-refractivity contribution >= 4 is 59.8 Å². The summed E-state index contributed by atoms with van der Waals surface area (Å²) >= 11 is 0. The summed E-state index contributed by atoms with van der Waals surface area (Å²) in [6, 6.07) is 39.6. The van der Waals surface area contributed by atoms with E-state index in [9.17, 15) is 9.90 Å². The Balaban J connectivity index is 0.000000189. The molecule has 0 spiro atoms. The Kier molecular flexibility index (Phi) is 13.7. The zero-order chi connectivity index (χ0) is 44.9. The molecular formula is C57H64IrN2O2-2. The summed E-state index contributed by atoms with van der Waals surface area (Å²) in [6.45, 7) is 31.2. The molecular weight excluding hydrogens is 937 g/mol. The third-order valence-electron chi connectivity index (χ3n) is 11.5. The van der Waals surface area contributed by atoms with Crippen LogP contribution in [0.2, 0.25) is 0 Å². The van der Waals surface area contributed by atoms with Crippen molar-refractivity contribution in [1.29, 1.82) is 0 Å². The topological polar surface area (TPSA) is 63.1 Å². The fraction of sp³-hybridized carbons (Fsp3) is 0.351. The predicted molar refractivity (Wildman–Crippen MR) is 261 cm³/mol. The van der Waals surface area contributed by atoms with Gasteiger partial charge < -0.3 is 15.1 Å². The number of hydrogen-bond acceptors (Lipinski definition) is 4. The molecule has 62 heavy (non-hydrogen) atoms. The molecule has 0 fully saturated rings. The van der Waals surface area contributed by atoms with Gasteiger partial charge in [-0.25, -0.2) is 0 Å². The number of aromatic nitrogens is 2. The maximum absolute atomic E-state index is 11.5. The van der Waals surface area contributed by atoms with E-state index in [1.807, 2.05) is 60.0 Å². The average Bonchev–Trinajstić information content (AvgIpc) is 3.19. The molecule has 0 unspecified atom stereocenters. The van der Waals surface area contributed by atoms with Gasteiger partial charge in [-0.1, -0.05) is 163 Å². The van der Waals surface area contributed by atoms with Crippen LogP contribution < -0.4 is 0 Å². The van der Waals surface area contributed by atoms with Crippen LogP contribution in [0.3, 0.4) is 0 Å². The second-order valence-corrected chi connectivity index (χ2v) is 21.6. The number of pyridine rings is 2. The molecule has 8 rings (SSSR count). The Bertz CT molecular complexity index is 2850. The van der Waals surface area contributed by atoms with Gasteiger partial charge in [0, 0.05) is 49.4 Å². The van der Waals surface area contributed by atoms with E-state index in [0.717, 1.165) is 22.2 Å². The minimum atomic E-state index is -0.417. The second kappa shape index (κ2) is 17.7. The van der Waals surface area contributed by atoms with Crippen LogP contribution in [0.1, 0.15) is 121 Å². The quantitative estimate of drug-likeness (QED) is 0.0616. The van der Waals surface area contributed by atoms with Crippen LogP contribution in [0.4, 0.5) is 0 Å². The molecule has 6 aromatic carbocycles. The Morgan fingerprint density at radius 2 is 1.08 bits per heavy atom. The molecule has 0 aliphatic heterocycles. The zero-order valence-corrected chi connectivity index (χ0v) is 41.9. The van der Waals surface area contributed by atoms with Crippen LogP contribution >= 0.6 is 0 Å². The van der Waals surface area contributed by atoms with E-state index in [-0.39, 0.29) is 53.3 Å². The van der Waals surface area contributed by atoms with Crippen molar-refractivity contribution in [1.82, 2.24) is 9.97 Å². The van der Waals surface area contributed by atoms with Gasteiger partial charge in [0.25, 0.3) is 0 Å². The van der Waals surface area contributed by atoms with E-state index in [2.05, 4.69) is 164 Å². The third-order valence-corrected chi connectivity index (χ3v) is 11.5. The summed E-state index contributed by atoms with van der Waals surface area (Å²) in [5.74, 6) is 0.104. The van der Waals surface area contributed by atoms with Crippen LogP contribution in [0.25, 0.3) is 65.3 Å². The first-order valence-electron chi connectivity index (χ1n) is 21.5. The van der Waals surface area contributed by atoms with Gasteiger partial charge in [-0.3, -0.25) is 4.79 Å². The smallest absolute Gasteiger partial charge is 0.164 e. The molecule has 5 heteroatoms. The molecule has 0 saturated carbocycles. The van der Waals surface area contributed by atoms with Crippen LogP contribution in [0.5, 0.6) is 0 Å². The Morgan fingerprint density at radius 3 is 1.65 bits per heavy atom. The van der Waals surface area contributed by atoms with Gasteiger partial charge in [-0.05, 0) is 77.5 Å². The number of aliphatic hydroxyl groups is 1. The van der Waals surface area contributed by atoms with Crippen molar-refractivity contribution in [3.8, 4) is 11.3 Å². The second-order valence-electron chi connectivity index (χ2n) is 21.6. The monoisotopic (exact) mass is 1000 g/mol. The number of fused-ring (bicyclic) bond motifs is 6. The van der Waals surface area contributed by atoms with E-state index in [4.69, 9.17) is 4.98 Å². The summed E-state index contributed by atoms with van der Waals surface area (Å²) in [4.78, 5) is 20.8. The maximum Gasteiger partial charge on any atom is 0.164 e. The molecule has 0 amide bonds. The molecule has 2 aromatic heterocycles. The largest absolute Gasteiger partial charge is 0.512 e. The number of nitrogens with zero attached hydrogens (tertiary/aromatic N) is 2. The molecule has 2 heterocycles. The SMILES string of the molecule is CC(C)(C)C(=O)/C=C(\O)C(C)(C)C.CC(C)(C)c1c[c-]c2c(c1)c1cccc3c4ccccc4c4ccnc2c4c13.CC(C)(C)c1cc[c-]c(-c2cc(C(C)(C)C)ccn2)c1.[Ir]. The minimum absolute atomic E-state index is 0. The van der Waals surface area contributed by atoms with Gasteiger partial charge >= 0.3 is 0 Å². The van der Waals surface area contributed by atoms with Gasteiger partial charge in [0.15, 0.2) is 5.78 Å². The summed E-state index contributed by atoms with van der Waals surface area (Å²) in [5, 5.41) is 21.0. The third kappa shape index (κ3) is 10.3. The summed E-state index contributed by atoms with van der Waals surface area (Å²) in [6.07, 6.45) is 5.17. The van der Waals surface area contributed by atoms with Crippen LogP contribution in [0, 0.1) is 23.0 Å². The normalized spacial score (nSPS) is 12.9. The Morgan fingerprint density at radius 1 is 0.548 bits per heavy atom. The van der Waals surface area contributed by atoms with Crippen LogP contribution in [-0.2, 0) is 41.1 Å². The number of rotatable bonds is 2. The molecule has 1 N–H and O–H groups in total. The number of ketones is 1. The molecule has 0 aliphatic rings. The summed E-state index contributed by atoms with van der Waals surface area (Å²) in [7, 11) is 0. The molecule has 4 nitrogen and oxygen atoms in total. The van der Waals surface area contributed by atoms with Gasteiger partial charge in [-0.2, -0.15) is 0 Å². The van der Waals surface area contributed by atoms with Crippen molar-refractivity contribution in [2.75, 3.05) is 0 Å². The molecule has 325 valence electrons. The Hall–Kier alpha value is -4.96. The van der Waals surface area contributed by atoms with Crippen molar-refractivity contribution in [2.24, 2.45) is 10.8 Å². The summed E-state index contributed by atoms with van der Waals surface area (Å²) < 4.78 is 0. The van der Waals surface area contributed by atoms with Gasteiger partial charge in [0.1, 0.15) is 5.76 Å². The first-order valence-corrected chi connectivity index (χ1v) is 21.5. The van der Waals surface area contributed by atoms with Crippen LogP contribution in [0.15, 0.2) is 115 Å².